The SMILES string of the molecule is CCCCNc1nn(-c2cccc(Cl)c2)c(N)c1C#N. The summed E-state index contributed by atoms with van der Waals surface area (Å²) in [5, 5.41) is 17.3. The van der Waals surface area contributed by atoms with Crippen LogP contribution in [0.1, 0.15) is 25.3 Å². The van der Waals surface area contributed by atoms with Crippen LogP contribution in [-0.2, 0) is 0 Å². The van der Waals surface area contributed by atoms with Gasteiger partial charge in [-0.3, -0.25) is 0 Å². The van der Waals surface area contributed by atoms with E-state index >= 15 is 0 Å². The second kappa shape index (κ2) is 6.31. The quantitative estimate of drug-likeness (QED) is 0.829. The minimum atomic E-state index is 0.314. The first-order chi connectivity index (χ1) is 9.67. The Labute approximate surface area is 123 Å². The first-order valence-corrected chi connectivity index (χ1v) is 6.83. The Kier molecular flexibility index (Phi) is 4.49. The van der Waals surface area contributed by atoms with Crippen molar-refractivity contribution in [2.24, 2.45) is 0 Å². The fourth-order valence-electron chi connectivity index (χ4n) is 1.85. The largest absolute Gasteiger partial charge is 0.382 e. The van der Waals surface area contributed by atoms with Crippen molar-refractivity contribution < 1.29 is 0 Å². The summed E-state index contributed by atoms with van der Waals surface area (Å²) in [5.74, 6) is 0.826. The lowest BCUT2D eigenvalue weighted by Gasteiger charge is -2.03. The third-order valence-electron chi connectivity index (χ3n) is 2.91. The van der Waals surface area contributed by atoms with Crippen LogP contribution in [0.4, 0.5) is 11.6 Å². The summed E-state index contributed by atoms with van der Waals surface area (Å²) >= 11 is 5.97. The first kappa shape index (κ1) is 14.2. The highest BCUT2D eigenvalue weighted by atomic mass is 35.5. The number of nitrogens with two attached hydrogens (primary N) is 1. The van der Waals surface area contributed by atoms with Crippen LogP contribution in [0.3, 0.4) is 0 Å². The number of halogens is 1. The van der Waals surface area contributed by atoms with Crippen LogP contribution in [0.2, 0.25) is 5.02 Å². The molecular formula is C14H16ClN5. The maximum atomic E-state index is 9.22. The highest BCUT2D eigenvalue weighted by Gasteiger charge is 2.16. The van der Waals surface area contributed by atoms with E-state index in [-0.39, 0.29) is 0 Å². The molecule has 0 aliphatic heterocycles. The van der Waals surface area contributed by atoms with Gasteiger partial charge in [-0.25, -0.2) is 4.68 Å². The molecule has 0 saturated carbocycles. The second-order valence-corrected chi connectivity index (χ2v) is 4.83. The Bertz CT molecular complexity index is 641. The van der Waals surface area contributed by atoms with E-state index in [0.29, 0.717) is 22.2 Å². The molecule has 1 aromatic carbocycles. The number of hydrogen-bond acceptors (Lipinski definition) is 4. The molecule has 0 fully saturated rings. The van der Waals surface area contributed by atoms with E-state index in [1.165, 1.54) is 4.68 Å². The molecule has 1 heterocycles. The lowest BCUT2D eigenvalue weighted by Crippen LogP contribution is -2.04. The summed E-state index contributed by atoms with van der Waals surface area (Å²) in [7, 11) is 0. The Hall–Kier alpha value is -2.19. The molecule has 5 nitrogen and oxygen atoms in total. The molecule has 3 N–H and O–H groups in total. The molecule has 0 radical (unpaired) electrons. The van der Waals surface area contributed by atoms with Crippen molar-refractivity contribution in [1.29, 1.82) is 5.26 Å². The van der Waals surface area contributed by atoms with Crippen molar-refractivity contribution in [1.82, 2.24) is 9.78 Å². The molecule has 104 valence electrons. The van der Waals surface area contributed by atoms with E-state index in [1.807, 2.05) is 12.1 Å². The molecule has 0 bridgehead atoms. The Morgan fingerprint density at radius 1 is 1.50 bits per heavy atom. The molecule has 0 aliphatic rings. The molecule has 0 spiro atoms. The number of anilines is 2. The average Bonchev–Trinajstić information content (AvgIpc) is 2.75. The van der Waals surface area contributed by atoms with Gasteiger partial charge in [0, 0.05) is 11.6 Å². The standard InChI is InChI=1S/C14H16ClN5/c1-2-3-7-18-14-12(9-16)13(17)20(19-14)11-6-4-5-10(15)8-11/h4-6,8H,2-3,7,17H2,1H3,(H,18,19). The van der Waals surface area contributed by atoms with Gasteiger partial charge in [0.25, 0.3) is 0 Å². The molecule has 0 aliphatic carbocycles. The van der Waals surface area contributed by atoms with Gasteiger partial charge in [-0.15, -0.1) is 5.10 Å². The second-order valence-electron chi connectivity index (χ2n) is 4.39. The van der Waals surface area contributed by atoms with E-state index in [1.54, 1.807) is 12.1 Å². The number of rotatable bonds is 5. The van der Waals surface area contributed by atoms with Gasteiger partial charge >= 0.3 is 0 Å². The average molecular weight is 290 g/mol. The number of nitriles is 1. The lowest BCUT2D eigenvalue weighted by molar-refractivity contribution is 0.822. The van der Waals surface area contributed by atoms with Crippen LogP contribution >= 0.6 is 11.6 Å². The summed E-state index contributed by atoms with van der Waals surface area (Å²) in [6.07, 6.45) is 2.08. The third kappa shape index (κ3) is 2.86. The first-order valence-electron chi connectivity index (χ1n) is 6.45. The topological polar surface area (TPSA) is 79.7 Å². The molecule has 2 rings (SSSR count). The summed E-state index contributed by atoms with van der Waals surface area (Å²) < 4.78 is 1.53. The lowest BCUT2D eigenvalue weighted by atomic mass is 10.3. The van der Waals surface area contributed by atoms with Crippen LogP contribution in [0, 0.1) is 11.3 Å². The summed E-state index contributed by atoms with van der Waals surface area (Å²) in [4.78, 5) is 0. The van der Waals surface area contributed by atoms with Crippen molar-refractivity contribution in [2.45, 2.75) is 19.8 Å². The van der Waals surface area contributed by atoms with E-state index in [4.69, 9.17) is 17.3 Å². The van der Waals surface area contributed by atoms with Crippen molar-refractivity contribution in [3.05, 3.63) is 34.9 Å². The molecule has 0 amide bonds. The van der Waals surface area contributed by atoms with Crippen LogP contribution in [0.25, 0.3) is 5.69 Å². The van der Waals surface area contributed by atoms with E-state index in [2.05, 4.69) is 23.4 Å². The smallest absolute Gasteiger partial charge is 0.168 e. The maximum absolute atomic E-state index is 9.22. The summed E-state index contributed by atoms with van der Waals surface area (Å²) in [6, 6.07) is 9.27. The Morgan fingerprint density at radius 2 is 2.30 bits per heavy atom. The van der Waals surface area contributed by atoms with E-state index < -0.39 is 0 Å². The highest BCUT2D eigenvalue weighted by Crippen LogP contribution is 2.25. The van der Waals surface area contributed by atoms with Gasteiger partial charge in [0.2, 0.25) is 0 Å². The molecule has 6 heteroatoms. The fraction of sp³-hybridized carbons (Fsp3) is 0.286. The molecule has 0 atom stereocenters. The van der Waals surface area contributed by atoms with Gasteiger partial charge in [0.05, 0.1) is 5.69 Å². The molecule has 2 aromatic rings. The summed E-state index contributed by atoms with van der Waals surface area (Å²) in [5.41, 5.74) is 7.09. The minimum Gasteiger partial charge on any atom is -0.382 e. The van der Waals surface area contributed by atoms with Crippen molar-refractivity contribution in [3.8, 4) is 11.8 Å². The van der Waals surface area contributed by atoms with Crippen molar-refractivity contribution in [2.75, 3.05) is 17.6 Å². The predicted molar refractivity (Wildman–Crippen MR) is 81.1 cm³/mol. The van der Waals surface area contributed by atoms with E-state index in [9.17, 15) is 5.26 Å². The zero-order chi connectivity index (χ0) is 14.5. The number of hydrogen-bond donors (Lipinski definition) is 2. The van der Waals surface area contributed by atoms with Gasteiger partial charge < -0.3 is 11.1 Å². The molecule has 0 unspecified atom stereocenters. The minimum absolute atomic E-state index is 0.314. The maximum Gasteiger partial charge on any atom is 0.168 e. The monoisotopic (exact) mass is 289 g/mol. The van der Waals surface area contributed by atoms with Crippen LogP contribution in [0.5, 0.6) is 0 Å². The highest BCUT2D eigenvalue weighted by molar-refractivity contribution is 6.30. The number of benzene rings is 1. The summed E-state index contributed by atoms with van der Waals surface area (Å²) in [6.45, 7) is 2.86. The van der Waals surface area contributed by atoms with Gasteiger partial charge in [0.15, 0.2) is 5.82 Å². The number of nitrogens with one attached hydrogen (secondary N) is 1. The van der Waals surface area contributed by atoms with Gasteiger partial charge in [-0.05, 0) is 24.6 Å². The Morgan fingerprint density at radius 3 is 2.95 bits per heavy atom. The van der Waals surface area contributed by atoms with Gasteiger partial charge in [-0.1, -0.05) is 31.0 Å². The third-order valence-corrected chi connectivity index (χ3v) is 3.14. The number of nitrogens with zero attached hydrogens (tertiary/aromatic N) is 3. The molecule has 20 heavy (non-hydrogen) atoms. The molecule has 1 aromatic heterocycles. The van der Waals surface area contributed by atoms with Gasteiger partial charge in [-0.2, -0.15) is 5.26 Å². The molecule has 0 saturated heterocycles. The zero-order valence-corrected chi connectivity index (χ0v) is 12.0. The van der Waals surface area contributed by atoms with Crippen molar-refractivity contribution in [3.63, 3.8) is 0 Å². The van der Waals surface area contributed by atoms with Crippen molar-refractivity contribution >= 4 is 23.2 Å². The van der Waals surface area contributed by atoms with Crippen LogP contribution in [0.15, 0.2) is 24.3 Å². The van der Waals surface area contributed by atoms with E-state index in [0.717, 1.165) is 25.1 Å². The van der Waals surface area contributed by atoms with Gasteiger partial charge in [0.1, 0.15) is 17.5 Å². The number of aromatic nitrogens is 2. The normalized spacial score (nSPS) is 10.2. The van der Waals surface area contributed by atoms with Crippen LogP contribution in [-0.4, -0.2) is 16.3 Å². The fourth-order valence-corrected chi connectivity index (χ4v) is 2.04. The zero-order valence-electron chi connectivity index (χ0n) is 11.2. The Balaban J connectivity index is 2.38. The van der Waals surface area contributed by atoms with Crippen LogP contribution < -0.4 is 11.1 Å². The number of nitrogen functional groups attached to an aromatic ring is 1. The predicted octanol–water partition coefficient (Wildman–Crippen LogP) is 3.19. The molecular weight excluding hydrogens is 274 g/mol. The number of unbranched alkanes of at least 4 members (excludes halogenated alkanes) is 1.